The van der Waals surface area contributed by atoms with E-state index in [4.69, 9.17) is 0 Å². The molecule has 2 aliphatic rings. The zero-order valence-electron chi connectivity index (χ0n) is 9.14. The predicted molar refractivity (Wildman–Crippen MR) is 62.6 cm³/mol. The van der Waals surface area contributed by atoms with Crippen LogP contribution in [-0.2, 0) is 9.59 Å². The topological polar surface area (TPSA) is 83.8 Å². The second kappa shape index (κ2) is 3.46. The van der Waals surface area contributed by atoms with Crippen LogP contribution in [0, 0.1) is 0 Å². The maximum atomic E-state index is 12.1. The first-order valence-electron chi connectivity index (χ1n) is 5.31. The molecule has 18 heavy (non-hydrogen) atoms. The lowest BCUT2D eigenvalue weighted by atomic mass is 9.84. The number of aliphatic imine (C=N–C) groups is 1. The number of aliphatic hydroxyl groups excluding tert-OH is 1. The van der Waals surface area contributed by atoms with Crippen molar-refractivity contribution in [2.45, 2.75) is 0 Å². The third kappa shape index (κ3) is 1.21. The molecule has 5 nitrogen and oxygen atoms in total. The summed E-state index contributed by atoms with van der Waals surface area (Å²) < 4.78 is 0. The van der Waals surface area contributed by atoms with Crippen molar-refractivity contribution in [1.82, 2.24) is 0 Å². The fourth-order valence-corrected chi connectivity index (χ4v) is 2.10. The molecule has 1 aliphatic heterocycles. The third-order valence-corrected chi connectivity index (χ3v) is 2.98. The Bertz CT molecular complexity index is 682. The Morgan fingerprint density at radius 2 is 1.67 bits per heavy atom. The van der Waals surface area contributed by atoms with Gasteiger partial charge in [0, 0.05) is 11.1 Å². The molecule has 0 atom stereocenters. The number of rotatable bonds is 0. The van der Waals surface area contributed by atoms with E-state index in [2.05, 4.69) is 4.99 Å². The van der Waals surface area contributed by atoms with Gasteiger partial charge in [-0.25, -0.2) is 0 Å². The van der Waals surface area contributed by atoms with Crippen molar-refractivity contribution >= 4 is 28.8 Å². The highest BCUT2D eigenvalue weighted by Gasteiger charge is 2.39. The first-order chi connectivity index (χ1) is 8.61. The zero-order chi connectivity index (χ0) is 12.9. The number of fused-ring (bicyclic) bond motifs is 2. The molecule has 0 bridgehead atoms. The van der Waals surface area contributed by atoms with Gasteiger partial charge in [0.25, 0.3) is 0 Å². The predicted octanol–water partition coefficient (Wildman–Crippen LogP) is 0.745. The molecule has 0 aromatic heterocycles. The van der Waals surface area contributed by atoms with Crippen molar-refractivity contribution in [2.75, 3.05) is 6.54 Å². The minimum Gasteiger partial charge on any atom is -0.506 e. The van der Waals surface area contributed by atoms with Crippen molar-refractivity contribution < 1.29 is 19.5 Å². The molecule has 0 saturated heterocycles. The second-order valence-electron chi connectivity index (χ2n) is 4.02. The molecule has 3 rings (SSSR count). The van der Waals surface area contributed by atoms with Crippen LogP contribution < -0.4 is 0 Å². The average molecular weight is 241 g/mol. The van der Waals surface area contributed by atoms with Gasteiger partial charge in [-0.05, 0) is 0 Å². The number of aliphatic hydroxyl groups is 1. The van der Waals surface area contributed by atoms with E-state index in [0.29, 0.717) is 5.56 Å². The van der Waals surface area contributed by atoms with Crippen LogP contribution in [-0.4, -0.2) is 34.7 Å². The summed E-state index contributed by atoms with van der Waals surface area (Å²) in [6.07, 6.45) is 0. The van der Waals surface area contributed by atoms with Crippen LogP contribution >= 0.6 is 0 Å². The Morgan fingerprint density at radius 1 is 1.00 bits per heavy atom. The number of allylic oxidation sites excluding steroid dienone is 1. The molecule has 1 aromatic rings. The van der Waals surface area contributed by atoms with Gasteiger partial charge in [-0.2, -0.15) is 0 Å². The van der Waals surface area contributed by atoms with Gasteiger partial charge in [-0.3, -0.25) is 19.4 Å². The molecule has 0 unspecified atom stereocenters. The summed E-state index contributed by atoms with van der Waals surface area (Å²) >= 11 is 0. The number of nitrogens with zero attached hydrogens (tertiary/aromatic N) is 1. The Kier molecular flexibility index (Phi) is 2.04. The summed E-state index contributed by atoms with van der Waals surface area (Å²) in [5, 5.41) is 10.0. The van der Waals surface area contributed by atoms with Crippen molar-refractivity contribution in [3.63, 3.8) is 0 Å². The standard InChI is InChI=1S/C13H7NO4/c15-8-5-14-10-9(13(8)18)11(16)6-3-1-2-4-7(6)12(10)17/h1-4,16H,5H2. The fraction of sp³-hybridized carbons (Fsp3) is 0.0769. The Labute approximate surface area is 101 Å². The van der Waals surface area contributed by atoms with E-state index >= 15 is 0 Å². The van der Waals surface area contributed by atoms with Crippen LogP contribution in [0.4, 0.5) is 0 Å². The highest BCUT2D eigenvalue weighted by molar-refractivity contribution is 6.67. The third-order valence-electron chi connectivity index (χ3n) is 2.98. The summed E-state index contributed by atoms with van der Waals surface area (Å²) in [5.74, 6) is -2.34. The molecule has 1 heterocycles. The van der Waals surface area contributed by atoms with Gasteiger partial charge in [0.15, 0.2) is 0 Å². The quantitative estimate of drug-likeness (QED) is 0.679. The summed E-state index contributed by atoms with van der Waals surface area (Å²) in [4.78, 5) is 38.9. The number of benzene rings is 1. The molecule has 1 N–H and O–H groups in total. The van der Waals surface area contributed by atoms with Crippen LogP contribution in [0.5, 0.6) is 0 Å². The first kappa shape index (κ1) is 10.6. The van der Waals surface area contributed by atoms with Crippen LogP contribution in [0.15, 0.2) is 34.8 Å². The van der Waals surface area contributed by atoms with E-state index < -0.39 is 17.3 Å². The van der Waals surface area contributed by atoms with E-state index in [1.54, 1.807) is 18.2 Å². The minimum absolute atomic E-state index is 0.115. The highest BCUT2D eigenvalue weighted by atomic mass is 16.3. The van der Waals surface area contributed by atoms with Crippen molar-refractivity contribution in [3.8, 4) is 0 Å². The molecule has 0 fully saturated rings. The largest absolute Gasteiger partial charge is 0.506 e. The summed E-state index contributed by atoms with van der Waals surface area (Å²) in [6.45, 7) is -0.334. The van der Waals surface area contributed by atoms with E-state index in [1.807, 2.05) is 0 Å². The van der Waals surface area contributed by atoms with Crippen LogP contribution in [0.2, 0.25) is 0 Å². The lowest BCUT2D eigenvalue weighted by molar-refractivity contribution is -0.133. The van der Waals surface area contributed by atoms with E-state index in [9.17, 15) is 19.5 Å². The number of carbonyl (C=O) groups excluding carboxylic acids is 3. The van der Waals surface area contributed by atoms with E-state index in [1.165, 1.54) is 6.07 Å². The van der Waals surface area contributed by atoms with Gasteiger partial charge >= 0.3 is 0 Å². The molecule has 0 amide bonds. The number of hydrogen-bond acceptors (Lipinski definition) is 5. The van der Waals surface area contributed by atoms with Crippen molar-refractivity contribution in [3.05, 3.63) is 41.0 Å². The van der Waals surface area contributed by atoms with Crippen molar-refractivity contribution in [1.29, 1.82) is 0 Å². The first-order valence-corrected chi connectivity index (χ1v) is 5.31. The zero-order valence-corrected chi connectivity index (χ0v) is 9.14. The van der Waals surface area contributed by atoms with Crippen LogP contribution in [0.1, 0.15) is 15.9 Å². The Balaban J connectivity index is 2.37. The van der Waals surface area contributed by atoms with Gasteiger partial charge in [0.05, 0.1) is 5.57 Å². The second-order valence-corrected chi connectivity index (χ2v) is 4.02. The van der Waals surface area contributed by atoms with Gasteiger partial charge in [0.1, 0.15) is 18.0 Å². The number of Topliss-reactive ketones (excluding diaryl/α,β-unsaturated/α-hetero) is 3. The maximum Gasteiger partial charge on any atom is 0.236 e. The molecule has 0 saturated carbocycles. The number of ketones is 3. The van der Waals surface area contributed by atoms with Gasteiger partial charge in [0.2, 0.25) is 17.3 Å². The van der Waals surface area contributed by atoms with E-state index in [0.717, 1.165) is 0 Å². The molecular weight excluding hydrogens is 234 g/mol. The normalized spacial score (nSPS) is 18.4. The molecule has 1 aliphatic carbocycles. The SMILES string of the molecule is O=C1CN=C2C(=O)c3ccccc3C(O)=C2C1=O. The molecule has 88 valence electrons. The molecule has 0 radical (unpaired) electrons. The average Bonchev–Trinajstić information content (AvgIpc) is 2.39. The van der Waals surface area contributed by atoms with E-state index in [-0.39, 0.29) is 29.2 Å². The Morgan fingerprint density at radius 3 is 2.39 bits per heavy atom. The lowest BCUT2D eigenvalue weighted by Crippen LogP contribution is -2.37. The Hall–Kier alpha value is -2.56. The van der Waals surface area contributed by atoms with Gasteiger partial charge in [-0.1, -0.05) is 24.3 Å². The maximum absolute atomic E-state index is 12.1. The fourth-order valence-electron chi connectivity index (χ4n) is 2.10. The molecule has 0 spiro atoms. The number of hydrogen-bond donors (Lipinski definition) is 1. The smallest absolute Gasteiger partial charge is 0.236 e. The highest BCUT2D eigenvalue weighted by Crippen LogP contribution is 2.30. The van der Waals surface area contributed by atoms with Gasteiger partial charge in [-0.15, -0.1) is 0 Å². The summed E-state index contributed by atoms with van der Waals surface area (Å²) in [5.41, 5.74) is 0.171. The lowest BCUT2D eigenvalue weighted by Gasteiger charge is -2.21. The molecule has 5 heteroatoms. The van der Waals surface area contributed by atoms with Crippen molar-refractivity contribution in [2.24, 2.45) is 4.99 Å². The van der Waals surface area contributed by atoms with Crippen LogP contribution in [0.25, 0.3) is 5.76 Å². The summed E-state index contributed by atoms with van der Waals surface area (Å²) in [6, 6.07) is 6.37. The molecular formula is C13H7NO4. The molecule has 1 aromatic carbocycles. The van der Waals surface area contributed by atoms with Gasteiger partial charge < -0.3 is 5.11 Å². The summed E-state index contributed by atoms with van der Waals surface area (Å²) in [7, 11) is 0. The van der Waals surface area contributed by atoms with Crippen LogP contribution in [0.3, 0.4) is 0 Å². The number of carbonyl (C=O) groups is 3. The minimum atomic E-state index is -0.847. The monoisotopic (exact) mass is 241 g/mol.